The zero-order valence-electron chi connectivity index (χ0n) is 19.9. The van der Waals surface area contributed by atoms with Gasteiger partial charge in [-0.2, -0.15) is 0 Å². The van der Waals surface area contributed by atoms with Crippen LogP contribution in [-0.4, -0.2) is 67.9 Å². The van der Waals surface area contributed by atoms with Gasteiger partial charge >= 0.3 is 0 Å². The van der Waals surface area contributed by atoms with E-state index in [1.807, 2.05) is 0 Å². The Hall–Kier alpha value is -3.15. The third-order valence-corrected chi connectivity index (χ3v) is 7.54. The van der Waals surface area contributed by atoms with Crippen LogP contribution < -0.4 is 5.73 Å². The number of phenols is 2. The Balaban J connectivity index is 1.63. The van der Waals surface area contributed by atoms with Crippen molar-refractivity contribution in [1.82, 2.24) is 0 Å². The number of aromatic hydroxyl groups is 2. The standard InChI is InChI=1S/C26H27NO9/c1-10-22(30)15(27)7-18(35-10)36-17-9-26(34,11(2)28)8-12-6-14-21(24(32)19(12)17)25(33)20-13(23(14)31)4-3-5-16(20)29/h3-6,10,15,17-18,22,29-30,32,34H,7-9,27H2,1-2H3/p+1/t10-,15-,17-,18-,22+,26-/m0/s1. The Bertz CT molecular complexity index is 1290. The number of aliphatic hydroxyl groups is 2. The Kier molecular flexibility index (Phi) is 5.77. The van der Waals surface area contributed by atoms with Crippen molar-refractivity contribution in [1.29, 1.82) is 0 Å². The van der Waals surface area contributed by atoms with E-state index in [1.165, 1.54) is 31.2 Å². The molecule has 5 rings (SSSR count). The van der Waals surface area contributed by atoms with Crippen molar-refractivity contribution < 1.29 is 50.0 Å². The summed E-state index contributed by atoms with van der Waals surface area (Å²) < 4.78 is 11.9. The lowest BCUT2D eigenvalue weighted by Gasteiger charge is -2.41. The minimum atomic E-state index is -1.83. The fourth-order valence-electron chi connectivity index (χ4n) is 5.49. The van der Waals surface area contributed by atoms with Gasteiger partial charge in [-0.1, -0.05) is 12.1 Å². The number of fused-ring (bicyclic) bond motifs is 3. The molecule has 1 aliphatic heterocycles. The maximum atomic E-state index is 13.4. The molecule has 0 spiro atoms. The van der Waals surface area contributed by atoms with Crippen LogP contribution >= 0.6 is 0 Å². The molecule has 2 aliphatic carbocycles. The monoisotopic (exact) mass is 498 g/mol. The van der Waals surface area contributed by atoms with Crippen LogP contribution in [0.2, 0.25) is 0 Å². The first-order chi connectivity index (χ1) is 16.9. The van der Waals surface area contributed by atoms with Crippen molar-refractivity contribution in [2.45, 2.75) is 69.4 Å². The molecule has 10 nitrogen and oxygen atoms in total. The van der Waals surface area contributed by atoms with E-state index in [1.54, 1.807) is 6.92 Å². The Morgan fingerprint density at radius 3 is 2.56 bits per heavy atom. The maximum absolute atomic E-state index is 13.4. The second-order valence-corrected chi connectivity index (χ2v) is 9.93. The molecule has 3 aliphatic rings. The zero-order chi connectivity index (χ0) is 26.1. The highest BCUT2D eigenvalue weighted by Crippen LogP contribution is 2.48. The van der Waals surface area contributed by atoms with Crippen molar-refractivity contribution in [2.75, 3.05) is 0 Å². The molecule has 36 heavy (non-hydrogen) atoms. The van der Waals surface area contributed by atoms with Crippen molar-refractivity contribution in [3.8, 4) is 11.5 Å². The van der Waals surface area contributed by atoms with E-state index in [-0.39, 0.29) is 52.8 Å². The predicted octanol–water partition coefficient (Wildman–Crippen LogP) is 0.303. The minimum Gasteiger partial charge on any atom is -0.507 e. The van der Waals surface area contributed by atoms with Gasteiger partial charge in [0.2, 0.25) is 5.78 Å². The summed E-state index contributed by atoms with van der Waals surface area (Å²) in [6.07, 6.45) is -3.50. The van der Waals surface area contributed by atoms with Crippen LogP contribution in [0.5, 0.6) is 11.5 Å². The topological polar surface area (TPSA) is 178 Å². The lowest BCUT2D eigenvalue weighted by Crippen LogP contribution is -2.71. The minimum absolute atomic E-state index is 0.00178. The summed E-state index contributed by atoms with van der Waals surface area (Å²) >= 11 is 0. The number of Topliss-reactive ketones (excluding diaryl/α,β-unsaturated/α-hetero) is 1. The van der Waals surface area contributed by atoms with Crippen molar-refractivity contribution in [3.05, 3.63) is 57.6 Å². The highest BCUT2D eigenvalue weighted by atomic mass is 16.7. The Morgan fingerprint density at radius 2 is 1.89 bits per heavy atom. The number of aliphatic hydroxyl groups excluding tert-OH is 1. The van der Waals surface area contributed by atoms with E-state index >= 15 is 0 Å². The van der Waals surface area contributed by atoms with Crippen molar-refractivity contribution >= 4 is 17.3 Å². The van der Waals surface area contributed by atoms with Gasteiger partial charge < -0.3 is 35.6 Å². The van der Waals surface area contributed by atoms with Crippen LogP contribution in [-0.2, 0) is 20.7 Å². The number of phenolic OH excluding ortho intramolecular Hbond substituents is 2. The Morgan fingerprint density at radius 1 is 1.17 bits per heavy atom. The number of rotatable bonds is 3. The van der Waals surface area contributed by atoms with Gasteiger partial charge in [0, 0.05) is 29.5 Å². The van der Waals surface area contributed by atoms with Gasteiger partial charge in [-0.05, 0) is 31.5 Å². The van der Waals surface area contributed by atoms with Crippen molar-refractivity contribution in [2.24, 2.45) is 0 Å². The number of ketones is 3. The van der Waals surface area contributed by atoms with Crippen molar-refractivity contribution in [3.63, 3.8) is 0 Å². The smallest absolute Gasteiger partial charge is 0.201 e. The molecule has 10 heteroatoms. The molecule has 7 N–H and O–H groups in total. The lowest BCUT2D eigenvalue weighted by atomic mass is 9.72. The van der Waals surface area contributed by atoms with Gasteiger partial charge in [-0.15, -0.1) is 0 Å². The molecule has 2 aromatic rings. The quantitative estimate of drug-likeness (QED) is 0.340. The van der Waals surface area contributed by atoms with Crippen LogP contribution in [0.1, 0.15) is 75.8 Å². The van der Waals surface area contributed by atoms with Crippen LogP contribution in [0.15, 0.2) is 24.3 Å². The van der Waals surface area contributed by atoms with E-state index in [0.29, 0.717) is 5.56 Å². The van der Waals surface area contributed by atoms with Gasteiger partial charge in [0.15, 0.2) is 17.9 Å². The van der Waals surface area contributed by atoms with E-state index in [4.69, 9.17) is 9.47 Å². The van der Waals surface area contributed by atoms with Gasteiger partial charge in [-0.3, -0.25) is 14.4 Å². The molecular formula is C26H28NO9+. The molecule has 1 saturated heterocycles. The van der Waals surface area contributed by atoms with Crippen LogP contribution in [0.3, 0.4) is 0 Å². The highest BCUT2D eigenvalue weighted by Gasteiger charge is 2.47. The van der Waals surface area contributed by atoms with Gasteiger partial charge in [0.25, 0.3) is 0 Å². The fraction of sp³-hybridized carbons (Fsp3) is 0.423. The van der Waals surface area contributed by atoms with E-state index < -0.39 is 59.3 Å². The van der Waals surface area contributed by atoms with E-state index in [2.05, 4.69) is 5.73 Å². The van der Waals surface area contributed by atoms with Crippen LogP contribution in [0, 0.1) is 0 Å². The fourth-order valence-corrected chi connectivity index (χ4v) is 5.49. The first-order valence-corrected chi connectivity index (χ1v) is 11.8. The first-order valence-electron chi connectivity index (χ1n) is 11.8. The lowest BCUT2D eigenvalue weighted by molar-refractivity contribution is -0.466. The number of carbonyl (C=O) groups excluding carboxylic acids is 3. The molecule has 6 atom stereocenters. The average Bonchev–Trinajstić information content (AvgIpc) is 2.80. The van der Waals surface area contributed by atoms with E-state index in [9.17, 15) is 34.8 Å². The molecule has 190 valence electrons. The molecule has 0 radical (unpaired) electrons. The number of benzene rings is 2. The highest BCUT2D eigenvalue weighted by molar-refractivity contribution is 6.30. The van der Waals surface area contributed by atoms with Gasteiger partial charge in [0.1, 0.15) is 29.2 Å². The summed E-state index contributed by atoms with van der Waals surface area (Å²) in [6.45, 7) is 2.91. The average molecular weight is 499 g/mol. The summed E-state index contributed by atoms with van der Waals surface area (Å²) in [5.41, 5.74) is 2.01. The van der Waals surface area contributed by atoms with Crippen LogP contribution in [0.25, 0.3) is 0 Å². The molecule has 0 aromatic heterocycles. The molecule has 0 unspecified atom stereocenters. The van der Waals surface area contributed by atoms with Crippen LogP contribution in [0.4, 0.5) is 0 Å². The van der Waals surface area contributed by atoms with E-state index in [0.717, 1.165) is 0 Å². The van der Waals surface area contributed by atoms with Gasteiger partial charge in [0.05, 0.1) is 29.8 Å². The maximum Gasteiger partial charge on any atom is 0.201 e. The second kappa shape index (κ2) is 8.46. The Labute approximate surface area is 206 Å². The molecule has 0 bridgehead atoms. The number of ether oxygens (including phenoxy) is 2. The summed E-state index contributed by atoms with van der Waals surface area (Å²) in [5, 5.41) is 42.9. The molecule has 0 amide bonds. The number of carbonyl (C=O) groups is 3. The number of hydrogen-bond acceptors (Lipinski definition) is 9. The molecule has 0 saturated carbocycles. The molecular weight excluding hydrogens is 470 g/mol. The third-order valence-electron chi connectivity index (χ3n) is 7.54. The summed E-state index contributed by atoms with van der Waals surface area (Å²) in [7, 11) is 0. The normalized spacial score (nSPS) is 31.4. The number of quaternary nitrogens is 1. The molecule has 1 heterocycles. The summed E-state index contributed by atoms with van der Waals surface area (Å²) in [5.74, 6) is -2.67. The summed E-state index contributed by atoms with van der Waals surface area (Å²) in [4.78, 5) is 39.0. The first kappa shape index (κ1) is 24.5. The summed E-state index contributed by atoms with van der Waals surface area (Å²) in [6, 6.07) is 5.15. The third kappa shape index (κ3) is 3.64. The molecule has 2 aromatic carbocycles. The van der Waals surface area contributed by atoms with Gasteiger partial charge in [-0.25, -0.2) is 0 Å². The zero-order valence-corrected chi connectivity index (χ0v) is 19.9. The second-order valence-electron chi connectivity index (χ2n) is 9.93. The predicted molar refractivity (Wildman–Crippen MR) is 122 cm³/mol. The largest absolute Gasteiger partial charge is 0.507 e. The SMILES string of the molecule is CC(=O)[C@]1(O)Cc2cc3c(c(O)c2[C@@H](O[C@H]2C[C@H]([NH3+])[C@H](O)[C@H](C)O2)C1)C(=O)c1c(O)cccc1C3=O. The number of hydrogen-bond donors (Lipinski definition) is 5. The molecule has 1 fully saturated rings.